The summed E-state index contributed by atoms with van der Waals surface area (Å²) in [6.45, 7) is 3.20. The largest absolute Gasteiger partial charge is 0.497 e. The molecule has 1 heterocycles. The molecule has 6 heteroatoms. The van der Waals surface area contributed by atoms with Gasteiger partial charge in [-0.1, -0.05) is 12.1 Å². The zero-order valence-electron chi connectivity index (χ0n) is 12.2. The van der Waals surface area contributed by atoms with Crippen molar-refractivity contribution in [3.05, 3.63) is 41.7 Å². The van der Waals surface area contributed by atoms with E-state index < -0.39 is 0 Å². The SMILES string of the molecule is CCOCc1nc(N)cc(OCc2cccc(OC)c2)n1. The lowest BCUT2D eigenvalue weighted by molar-refractivity contribution is 0.127. The maximum atomic E-state index is 5.74. The molecule has 6 nitrogen and oxygen atoms in total. The number of hydrogen-bond donors (Lipinski definition) is 1. The Balaban J connectivity index is 2.03. The summed E-state index contributed by atoms with van der Waals surface area (Å²) in [5, 5.41) is 0. The first-order valence-corrected chi connectivity index (χ1v) is 6.68. The Bertz CT molecular complexity index is 590. The van der Waals surface area contributed by atoms with E-state index in [0.29, 0.717) is 37.3 Å². The van der Waals surface area contributed by atoms with E-state index in [2.05, 4.69) is 9.97 Å². The number of hydrogen-bond acceptors (Lipinski definition) is 6. The summed E-state index contributed by atoms with van der Waals surface area (Å²) in [4.78, 5) is 8.35. The van der Waals surface area contributed by atoms with E-state index in [-0.39, 0.29) is 0 Å². The van der Waals surface area contributed by atoms with Gasteiger partial charge >= 0.3 is 0 Å². The second-order valence-electron chi connectivity index (χ2n) is 4.32. The van der Waals surface area contributed by atoms with Gasteiger partial charge in [-0.15, -0.1) is 0 Å². The molecule has 2 N–H and O–H groups in total. The van der Waals surface area contributed by atoms with Gasteiger partial charge in [0.15, 0.2) is 5.82 Å². The number of nitrogens with zero attached hydrogens (tertiary/aromatic N) is 2. The third kappa shape index (κ3) is 4.61. The van der Waals surface area contributed by atoms with Crippen LogP contribution < -0.4 is 15.2 Å². The number of nitrogens with two attached hydrogens (primary N) is 1. The Morgan fingerprint density at radius 2 is 2.00 bits per heavy atom. The van der Waals surface area contributed by atoms with E-state index in [1.165, 1.54) is 0 Å². The number of aromatic nitrogens is 2. The predicted octanol–water partition coefficient (Wildman–Crippen LogP) is 2.18. The van der Waals surface area contributed by atoms with Crippen LogP contribution in [0.1, 0.15) is 18.3 Å². The highest BCUT2D eigenvalue weighted by Crippen LogP contribution is 2.16. The summed E-state index contributed by atoms with van der Waals surface area (Å²) in [5.74, 6) is 2.09. The number of nitrogen functional groups attached to an aromatic ring is 1. The lowest BCUT2D eigenvalue weighted by Gasteiger charge is -2.09. The molecule has 2 rings (SSSR count). The van der Waals surface area contributed by atoms with Crippen LogP contribution in [0.25, 0.3) is 0 Å². The molecule has 21 heavy (non-hydrogen) atoms. The Kier molecular flexibility index (Phi) is 5.34. The molecule has 0 atom stereocenters. The Morgan fingerprint density at radius 1 is 1.14 bits per heavy atom. The van der Waals surface area contributed by atoms with Crippen LogP contribution in [-0.2, 0) is 18.0 Å². The first kappa shape index (κ1) is 15.1. The monoisotopic (exact) mass is 289 g/mol. The average molecular weight is 289 g/mol. The molecule has 0 bridgehead atoms. The Labute approximate surface area is 123 Å². The van der Waals surface area contributed by atoms with E-state index >= 15 is 0 Å². The van der Waals surface area contributed by atoms with Gasteiger partial charge < -0.3 is 19.9 Å². The highest BCUT2D eigenvalue weighted by molar-refractivity contribution is 5.33. The highest BCUT2D eigenvalue weighted by atomic mass is 16.5. The normalized spacial score (nSPS) is 10.4. The summed E-state index contributed by atoms with van der Waals surface area (Å²) < 4.78 is 16.1. The topological polar surface area (TPSA) is 79.5 Å². The van der Waals surface area contributed by atoms with Crippen LogP contribution in [0.3, 0.4) is 0 Å². The van der Waals surface area contributed by atoms with E-state index in [9.17, 15) is 0 Å². The van der Waals surface area contributed by atoms with Crippen LogP contribution in [0.15, 0.2) is 30.3 Å². The van der Waals surface area contributed by atoms with E-state index in [1.54, 1.807) is 13.2 Å². The minimum atomic E-state index is 0.317. The maximum absolute atomic E-state index is 5.74. The van der Waals surface area contributed by atoms with Crippen molar-refractivity contribution in [2.75, 3.05) is 19.5 Å². The van der Waals surface area contributed by atoms with Gasteiger partial charge in [-0.3, -0.25) is 0 Å². The lowest BCUT2D eigenvalue weighted by atomic mass is 10.2. The van der Waals surface area contributed by atoms with Crippen LogP contribution in [0.5, 0.6) is 11.6 Å². The third-order valence-corrected chi connectivity index (χ3v) is 2.72. The van der Waals surface area contributed by atoms with Crippen LogP contribution in [0, 0.1) is 0 Å². The van der Waals surface area contributed by atoms with Gasteiger partial charge in [0.05, 0.1) is 7.11 Å². The summed E-state index contributed by atoms with van der Waals surface area (Å²) in [5.41, 5.74) is 6.72. The van der Waals surface area contributed by atoms with Crippen LogP contribution >= 0.6 is 0 Å². The molecule has 0 unspecified atom stereocenters. The first-order chi connectivity index (χ1) is 10.2. The summed E-state index contributed by atoms with van der Waals surface area (Å²) in [6, 6.07) is 9.24. The lowest BCUT2D eigenvalue weighted by Crippen LogP contribution is -2.05. The predicted molar refractivity (Wildman–Crippen MR) is 79.1 cm³/mol. The Hall–Kier alpha value is -2.34. The van der Waals surface area contributed by atoms with Crippen molar-refractivity contribution >= 4 is 5.82 Å². The first-order valence-electron chi connectivity index (χ1n) is 6.68. The molecule has 0 aliphatic carbocycles. The van der Waals surface area contributed by atoms with Crippen LogP contribution in [0.2, 0.25) is 0 Å². The van der Waals surface area contributed by atoms with Gasteiger partial charge in [-0.25, -0.2) is 4.98 Å². The maximum Gasteiger partial charge on any atom is 0.219 e. The third-order valence-electron chi connectivity index (χ3n) is 2.72. The number of methoxy groups -OCH3 is 1. The van der Waals surface area contributed by atoms with Gasteiger partial charge in [-0.05, 0) is 24.6 Å². The molecule has 0 amide bonds. The molecule has 0 saturated carbocycles. The van der Waals surface area contributed by atoms with Crippen LogP contribution in [-0.4, -0.2) is 23.7 Å². The number of rotatable bonds is 7. The zero-order valence-corrected chi connectivity index (χ0v) is 12.2. The zero-order chi connectivity index (χ0) is 15.1. The summed E-state index contributed by atoms with van der Waals surface area (Å²) in [6.07, 6.45) is 0. The van der Waals surface area contributed by atoms with Crippen molar-refractivity contribution < 1.29 is 14.2 Å². The standard InChI is InChI=1S/C15H19N3O3/c1-3-20-10-14-17-13(16)8-15(18-14)21-9-11-5-4-6-12(7-11)19-2/h4-8H,3,9-10H2,1-2H3,(H2,16,17,18). The average Bonchev–Trinajstić information content (AvgIpc) is 2.50. The molecular formula is C15H19N3O3. The van der Waals surface area contributed by atoms with E-state index in [1.807, 2.05) is 31.2 Å². The van der Waals surface area contributed by atoms with Crippen molar-refractivity contribution in [1.82, 2.24) is 9.97 Å². The minimum Gasteiger partial charge on any atom is -0.497 e. The number of benzene rings is 1. The molecular weight excluding hydrogens is 270 g/mol. The molecule has 0 spiro atoms. The van der Waals surface area contributed by atoms with Crippen molar-refractivity contribution in [2.24, 2.45) is 0 Å². The molecule has 0 aliphatic rings. The second-order valence-corrected chi connectivity index (χ2v) is 4.32. The summed E-state index contributed by atoms with van der Waals surface area (Å²) in [7, 11) is 1.63. The molecule has 0 fully saturated rings. The van der Waals surface area contributed by atoms with Gasteiger partial charge in [0.25, 0.3) is 0 Å². The molecule has 2 aromatic rings. The van der Waals surface area contributed by atoms with Crippen molar-refractivity contribution in [1.29, 1.82) is 0 Å². The molecule has 0 aliphatic heterocycles. The fourth-order valence-corrected chi connectivity index (χ4v) is 1.74. The smallest absolute Gasteiger partial charge is 0.219 e. The van der Waals surface area contributed by atoms with Gasteiger partial charge in [0.2, 0.25) is 5.88 Å². The molecule has 1 aromatic heterocycles. The quantitative estimate of drug-likeness (QED) is 0.841. The second kappa shape index (κ2) is 7.44. The van der Waals surface area contributed by atoms with Crippen molar-refractivity contribution in [2.45, 2.75) is 20.1 Å². The molecule has 0 saturated heterocycles. The van der Waals surface area contributed by atoms with E-state index in [0.717, 1.165) is 11.3 Å². The van der Waals surface area contributed by atoms with E-state index in [4.69, 9.17) is 19.9 Å². The molecule has 112 valence electrons. The highest BCUT2D eigenvalue weighted by Gasteiger charge is 2.05. The van der Waals surface area contributed by atoms with Crippen molar-refractivity contribution in [3.8, 4) is 11.6 Å². The Morgan fingerprint density at radius 3 is 2.76 bits per heavy atom. The molecule has 1 aromatic carbocycles. The number of ether oxygens (including phenoxy) is 3. The number of anilines is 1. The van der Waals surface area contributed by atoms with Gasteiger partial charge in [-0.2, -0.15) is 4.98 Å². The van der Waals surface area contributed by atoms with Crippen LogP contribution in [0.4, 0.5) is 5.82 Å². The van der Waals surface area contributed by atoms with Gasteiger partial charge in [0, 0.05) is 12.7 Å². The van der Waals surface area contributed by atoms with Gasteiger partial charge in [0.1, 0.15) is 24.8 Å². The fraction of sp³-hybridized carbons (Fsp3) is 0.333. The summed E-state index contributed by atoms with van der Waals surface area (Å²) >= 11 is 0. The fourth-order valence-electron chi connectivity index (χ4n) is 1.74. The minimum absolute atomic E-state index is 0.317. The van der Waals surface area contributed by atoms with Crippen molar-refractivity contribution in [3.63, 3.8) is 0 Å². The molecule has 0 radical (unpaired) electrons.